The molecular weight excluding hydrogens is 637 g/mol. The number of nitrogens with two attached hydrogens (primary N) is 1. The van der Waals surface area contributed by atoms with E-state index in [0.717, 1.165) is 16.7 Å². The molecule has 2 aromatic heterocycles. The van der Waals surface area contributed by atoms with E-state index in [1.807, 2.05) is 13.8 Å². The largest absolute Gasteiger partial charge is 0.444 e. The quantitative estimate of drug-likeness (QED) is 0.254. The Kier molecular flexibility index (Phi) is 8.15. The van der Waals surface area contributed by atoms with Gasteiger partial charge in [-0.2, -0.15) is 0 Å². The molecule has 10 nitrogen and oxygen atoms in total. The number of amides is 2. The summed E-state index contributed by atoms with van der Waals surface area (Å²) in [5.74, 6) is -3.98. The molecule has 1 fully saturated rings. The van der Waals surface area contributed by atoms with Crippen molar-refractivity contribution in [2.45, 2.75) is 72.1 Å². The summed E-state index contributed by atoms with van der Waals surface area (Å²) in [5.41, 5.74) is 4.12. The number of rotatable bonds is 3. The molecule has 13 heteroatoms. The second kappa shape index (κ2) is 11.8. The molecule has 0 radical (unpaired) electrons. The van der Waals surface area contributed by atoms with Crippen molar-refractivity contribution in [2.24, 2.45) is 0 Å². The predicted molar refractivity (Wildman–Crippen MR) is 183 cm³/mol. The number of aromatic nitrogens is 2. The van der Waals surface area contributed by atoms with E-state index in [4.69, 9.17) is 10.5 Å². The van der Waals surface area contributed by atoms with Gasteiger partial charge in [0, 0.05) is 42.5 Å². The van der Waals surface area contributed by atoms with Gasteiger partial charge >= 0.3 is 6.09 Å². The number of carbonyl (C=O) groups excluding carboxylic acids is 2. The zero-order valence-electron chi connectivity index (χ0n) is 28.7. The number of carbonyl (C=O) groups is 2. The fourth-order valence-electron chi connectivity index (χ4n) is 6.91. The molecule has 0 unspecified atom stereocenters. The summed E-state index contributed by atoms with van der Waals surface area (Å²) >= 11 is 0. The molecule has 4 heterocycles. The third-order valence-electron chi connectivity index (χ3n) is 9.13. The standard InChI is InChI=1S/C36H39F3N6O4/c1-17(2)28-29(18(3)12-13-41-28)45-30-20(14-22(38)26(27(30)39)25-21(37)10-9-11-23(25)40)31-32(34(45)47)42(8)33(46)24-16-43(19(4)15-44(24)31)35(48)49-36(5,6)7/h9-14,17,19,24H,15-16,40H2,1-8H3/t19-,24-/m1/s1. The summed E-state index contributed by atoms with van der Waals surface area (Å²) in [4.78, 5) is 50.9. The monoisotopic (exact) mass is 676 g/mol. The molecule has 2 aromatic carbocycles. The normalized spacial score (nSPS) is 17.9. The van der Waals surface area contributed by atoms with Crippen molar-refractivity contribution in [3.63, 3.8) is 0 Å². The van der Waals surface area contributed by atoms with Crippen LogP contribution >= 0.6 is 0 Å². The number of ether oxygens (including phenoxy) is 1. The van der Waals surface area contributed by atoms with Gasteiger partial charge in [0.1, 0.15) is 29.0 Å². The maximum atomic E-state index is 17.3. The molecule has 0 spiro atoms. The molecule has 2 aliphatic rings. The lowest BCUT2D eigenvalue weighted by Crippen LogP contribution is -2.66. The van der Waals surface area contributed by atoms with Crippen molar-refractivity contribution in [1.82, 2.24) is 14.5 Å². The van der Waals surface area contributed by atoms with Crippen LogP contribution in [0.5, 0.6) is 0 Å². The first-order chi connectivity index (χ1) is 22.9. The minimum Gasteiger partial charge on any atom is -0.444 e. The van der Waals surface area contributed by atoms with Gasteiger partial charge in [0.15, 0.2) is 5.82 Å². The number of likely N-dealkylation sites (N-methyl/N-ethyl adjacent to an activating group) is 1. The molecular formula is C36H39F3N6O4. The SMILES string of the molecule is Cc1ccnc(C(C)C)c1-n1c(=O)c2c(c3cc(F)c(-c4c(N)cccc4F)c(F)c31)N1C[C@@H](C)N(C(=O)OC(C)(C)C)C[C@@H]1C(=O)N2C. The van der Waals surface area contributed by atoms with Crippen molar-refractivity contribution in [1.29, 1.82) is 0 Å². The number of benzene rings is 2. The molecule has 0 aliphatic carbocycles. The molecule has 2 atom stereocenters. The molecule has 4 aromatic rings. The molecule has 49 heavy (non-hydrogen) atoms. The van der Waals surface area contributed by atoms with Crippen LogP contribution in [0.2, 0.25) is 0 Å². The number of halogens is 3. The summed E-state index contributed by atoms with van der Waals surface area (Å²) in [6.07, 6.45) is 0.964. The van der Waals surface area contributed by atoms with E-state index in [9.17, 15) is 14.4 Å². The summed E-state index contributed by atoms with van der Waals surface area (Å²) in [5, 5.41) is -0.0245. The molecule has 0 bridgehead atoms. The zero-order chi connectivity index (χ0) is 35.9. The van der Waals surface area contributed by atoms with Crippen LogP contribution < -0.4 is 21.1 Å². The second-order valence-electron chi connectivity index (χ2n) is 14.0. The first-order valence-electron chi connectivity index (χ1n) is 16.1. The van der Waals surface area contributed by atoms with E-state index >= 15 is 13.2 Å². The molecule has 2 N–H and O–H groups in total. The maximum Gasteiger partial charge on any atom is 0.410 e. The molecule has 2 aliphatic heterocycles. The highest BCUT2D eigenvalue weighted by molar-refractivity contribution is 6.12. The van der Waals surface area contributed by atoms with Gasteiger partial charge < -0.3 is 25.2 Å². The second-order valence-corrected chi connectivity index (χ2v) is 14.0. The maximum absolute atomic E-state index is 17.3. The van der Waals surface area contributed by atoms with Gasteiger partial charge in [0.2, 0.25) is 0 Å². The Bertz CT molecular complexity index is 2090. The first-order valence-corrected chi connectivity index (χ1v) is 16.1. The summed E-state index contributed by atoms with van der Waals surface area (Å²) in [7, 11) is 1.42. The Balaban J connectivity index is 1.72. The Hall–Kier alpha value is -5.07. The number of anilines is 3. The molecule has 6 rings (SSSR count). The minimum absolute atomic E-state index is 0.0245. The van der Waals surface area contributed by atoms with Crippen LogP contribution in [-0.2, 0) is 9.53 Å². The lowest BCUT2D eigenvalue weighted by atomic mass is 9.94. The smallest absolute Gasteiger partial charge is 0.410 e. The van der Waals surface area contributed by atoms with Gasteiger partial charge in [0.25, 0.3) is 11.5 Å². The highest BCUT2D eigenvalue weighted by Gasteiger charge is 2.47. The number of fused-ring (bicyclic) bond motifs is 5. The average molecular weight is 677 g/mol. The van der Waals surface area contributed by atoms with Crippen molar-refractivity contribution < 1.29 is 27.5 Å². The summed E-state index contributed by atoms with van der Waals surface area (Å²) in [6, 6.07) is 4.91. The molecule has 0 saturated carbocycles. The van der Waals surface area contributed by atoms with Crippen molar-refractivity contribution in [3.8, 4) is 16.8 Å². The van der Waals surface area contributed by atoms with E-state index in [1.54, 1.807) is 51.8 Å². The van der Waals surface area contributed by atoms with Crippen molar-refractivity contribution in [2.75, 3.05) is 35.7 Å². The van der Waals surface area contributed by atoms with E-state index in [2.05, 4.69) is 4.98 Å². The fraction of sp³-hybridized carbons (Fsp3) is 0.389. The van der Waals surface area contributed by atoms with Gasteiger partial charge in [0.05, 0.1) is 34.7 Å². The van der Waals surface area contributed by atoms with E-state index in [1.165, 1.54) is 29.0 Å². The Morgan fingerprint density at radius 3 is 2.35 bits per heavy atom. The third kappa shape index (κ3) is 5.35. The summed E-state index contributed by atoms with van der Waals surface area (Å²) < 4.78 is 55.7. The predicted octanol–water partition coefficient (Wildman–Crippen LogP) is 6.27. The molecule has 1 saturated heterocycles. The number of piperazine rings is 1. The highest BCUT2D eigenvalue weighted by atomic mass is 19.1. The Morgan fingerprint density at radius 2 is 1.71 bits per heavy atom. The van der Waals surface area contributed by atoms with Crippen molar-refractivity contribution in [3.05, 3.63) is 75.6 Å². The van der Waals surface area contributed by atoms with Gasteiger partial charge in [-0.25, -0.2) is 18.0 Å². The Labute approximate surface area is 281 Å². The van der Waals surface area contributed by atoms with Crippen molar-refractivity contribution >= 4 is 40.0 Å². The van der Waals surface area contributed by atoms with Gasteiger partial charge in [-0.15, -0.1) is 0 Å². The molecule has 2 amide bonds. The Morgan fingerprint density at radius 1 is 1.02 bits per heavy atom. The van der Waals surface area contributed by atoms with Crippen LogP contribution in [0.15, 0.2) is 41.3 Å². The van der Waals surface area contributed by atoms with Crippen LogP contribution in [0.25, 0.3) is 27.7 Å². The fourth-order valence-corrected chi connectivity index (χ4v) is 6.91. The van der Waals surface area contributed by atoms with Gasteiger partial charge in [-0.05, 0) is 70.4 Å². The number of aryl methyl sites for hydroxylation is 1. The van der Waals surface area contributed by atoms with Gasteiger partial charge in [-0.3, -0.25) is 19.1 Å². The van der Waals surface area contributed by atoms with Crippen LogP contribution in [-0.4, -0.2) is 64.3 Å². The van der Waals surface area contributed by atoms with Gasteiger partial charge in [-0.1, -0.05) is 19.9 Å². The van der Waals surface area contributed by atoms with E-state index in [-0.39, 0.29) is 52.7 Å². The summed E-state index contributed by atoms with van der Waals surface area (Å²) in [6.45, 7) is 12.4. The average Bonchev–Trinajstić information content (AvgIpc) is 3.00. The number of pyridine rings is 2. The van der Waals surface area contributed by atoms with E-state index < -0.39 is 63.8 Å². The number of hydrogen-bond acceptors (Lipinski definition) is 7. The van der Waals surface area contributed by atoms with Crippen LogP contribution in [0.4, 0.5) is 35.0 Å². The molecule has 258 valence electrons. The lowest BCUT2D eigenvalue weighted by molar-refractivity contribution is -0.121. The number of hydrogen-bond donors (Lipinski definition) is 1. The topological polar surface area (TPSA) is 114 Å². The first kappa shape index (κ1) is 33.8. The van der Waals surface area contributed by atoms with Crippen LogP contribution in [0.3, 0.4) is 0 Å². The third-order valence-corrected chi connectivity index (χ3v) is 9.13. The number of nitrogen functional groups attached to an aromatic ring is 1. The minimum atomic E-state index is -1.21. The van der Waals surface area contributed by atoms with Crippen LogP contribution in [0, 0.1) is 24.4 Å². The highest BCUT2D eigenvalue weighted by Crippen LogP contribution is 2.46. The van der Waals surface area contributed by atoms with E-state index in [0.29, 0.717) is 11.3 Å². The lowest BCUT2D eigenvalue weighted by Gasteiger charge is -2.50. The van der Waals surface area contributed by atoms with Crippen LogP contribution in [0.1, 0.15) is 58.7 Å². The zero-order valence-corrected chi connectivity index (χ0v) is 28.7. The number of nitrogens with zero attached hydrogens (tertiary/aromatic N) is 5.